The van der Waals surface area contributed by atoms with Crippen molar-refractivity contribution in [3.8, 4) is 0 Å². The van der Waals surface area contributed by atoms with Crippen molar-refractivity contribution in [2.75, 3.05) is 7.05 Å². The van der Waals surface area contributed by atoms with Crippen molar-refractivity contribution in [2.24, 2.45) is 0 Å². The van der Waals surface area contributed by atoms with Crippen LogP contribution < -0.4 is 0 Å². The molecular weight excluding hydrogens is 226 g/mol. The maximum Gasteiger partial charge on any atom is 0.256 e. The van der Waals surface area contributed by atoms with E-state index in [1.165, 1.54) is 4.90 Å². The Morgan fingerprint density at radius 1 is 1.00 bits per heavy atom. The molecule has 0 aliphatic carbocycles. The Morgan fingerprint density at radius 3 is 2.33 bits per heavy atom. The van der Waals surface area contributed by atoms with E-state index in [0.29, 0.717) is 16.7 Å². The molecule has 3 nitrogen and oxygen atoms in total. The maximum atomic E-state index is 12.2. The van der Waals surface area contributed by atoms with E-state index in [9.17, 15) is 9.90 Å². The predicted octanol–water partition coefficient (Wildman–Crippen LogP) is 1.97. The molecule has 0 bridgehead atoms. The molecule has 2 aromatic carbocycles. The third-order valence-corrected chi connectivity index (χ3v) is 3.50. The van der Waals surface area contributed by atoms with E-state index in [1.54, 1.807) is 25.2 Å². The molecular formula is C15H13NO2. The summed E-state index contributed by atoms with van der Waals surface area (Å²) in [6, 6.07) is 16.4. The second kappa shape index (κ2) is 3.68. The smallest absolute Gasteiger partial charge is 0.256 e. The number of hydrogen-bond donors (Lipinski definition) is 1. The van der Waals surface area contributed by atoms with Gasteiger partial charge >= 0.3 is 0 Å². The summed E-state index contributed by atoms with van der Waals surface area (Å²) in [6.07, 6.45) is 0. The van der Waals surface area contributed by atoms with Gasteiger partial charge in [0.1, 0.15) is 0 Å². The highest BCUT2D eigenvalue weighted by molar-refractivity contribution is 6.00. The third-order valence-electron chi connectivity index (χ3n) is 3.50. The fourth-order valence-corrected chi connectivity index (χ4v) is 2.50. The third kappa shape index (κ3) is 1.25. The fraction of sp³-hybridized carbons (Fsp3) is 0.133. The van der Waals surface area contributed by atoms with Crippen LogP contribution in [0.3, 0.4) is 0 Å². The molecule has 2 aromatic rings. The van der Waals surface area contributed by atoms with Gasteiger partial charge in [-0.15, -0.1) is 0 Å². The first kappa shape index (κ1) is 11.0. The minimum absolute atomic E-state index is 0.156. The molecule has 3 rings (SSSR count). The van der Waals surface area contributed by atoms with Gasteiger partial charge in [-0.3, -0.25) is 4.79 Å². The van der Waals surface area contributed by atoms with Crippen LogP contribution in [0.2, 0.25) is 0 Å². The zero-order valence-electron chi connectivity index (χ0n) is 10.00. The number of carbonyl (C=O) groups excluding carboxylic acids is 1. The summed E-state index contributed by atoms with van der Waals surface area (Å²) in [5.41, 5.74) is 0.537. The van der Waals surface area contributed by atoms with Gasteiger partial charge in [0.05, 0.1) is 0 Å². The Labute approximate surface area is 105 Å². The minimum atomic E-state index is -1.37. The van der Waals surface area contributed by atoms with Crippen molar-refractivity contribution in [1.82, 2.24) is 4.90 Å². The summed E-state index contributed by atoms with van der Waals surface area (Å²) in [7, 11) is 1.62. The van der Waals surface area contributed by atoms with Crippen molar-refractivity contribution in [3.05, 3.63) is 71.3 Å². The lowest BCUT2D eigenvalue weighted by atomic mass is 9.94. The van der Waals surface area contributed by atoms with Crippen LogP contribution in [0.5, 0.6) is 0 Å². The predicted molar refractivity (Wildman–Crippen MR) is 68.0 cm³/mol. The molecule has 0 radical (unpaired) electrons. The average molecular weight is 239 g/mol. The number of amides is 1. The van der Waals surface area contributed by atoms with Crippen LogP contribution in [0, 0.1) is 0 Å². The summed E-state index contributed by atoms with van der Waals surface area (Å²) in [5.74, 6) is -0.156. The number of benzene rings is 2. The van der Waals surface area contributed by atoms with E-state index in [0.717, 1.165) is 0 Å². The normalized spacial score (nSPS) is 22.1. The molecule has 0 saturated carbocycles. The summed E-state index contributed by atoms with van der Waals surface area (Å²) >= 11 is 0. The van der Waals surface area contributed by atoms with Gasteiger partial charge in [0.25, 0.3) is 5.91 Å². The maximum absolute atomic E-state index is 12.2. The summed E-state index contributed by atoms with van der Waals surface area (Å²) in [5, 5.41) is 11.0. The lowest BCUT2D eigenvalue weighted by Crippen LogP contribution is -2.41. The second-order valence-corrected chi connectivity index (χ2v) is 4.45. The van der Waals surface area contributed by atoms with Crippen LogP contribution in [-0.4, -0.2) is 23.0 Å². The number of carbonyl (C=O) groups is 1. The van der Waals surface area contributed by atoms with Crippen molar-refractivity contribution >= 4 is 5.91 Å². The zero-order chi connectivity index (χ0) is 12.8. The molecule has 1 aliphatic heterocycles. The average Bonchev–Trinajstić information content (AvgIpc) is 2.64. The quantitative estimate of drug-likeness (QED) is 0.826. The number of nitrogens with zero attached hydrogens (tertiary/aromatic N) is 1. The van der Waals surface area contributed by atoms with Crippen molar-refractivity contribution < 1.29 is 9.90 Å². The van der Waals surface area contributed by atoms with Crippen molar-refractivity contribution in [3.63, 3.8) is 0 Å². The lowest BCUT2D eigenvalue weighted by Gasteiger charge is -2.31. The van der Waals surface area contributed by atoms with Crippen LogP contribution in [0.1, 0.15) is 21.5 Å². The molecule has 3 heteroatoms. The summed E-state index contributed by atoms with van der Waals surface area (Å²) in [4.78, 5) is 13.5. The van der Waals surface area contributed by atoms with Crippen LogP contribution in [0.4, 0.5) is 0 Å². The Hall–Kier alpha value is -2.13. The molecule has 1 N–H and O–H groups in total. The van der Waals surface area contributed by atoms with Crippen LogP contribution in [-0.2, 0) is 5.72 Å². The van der Waals surface area contributed by atoms with Gasteiger partial charge in [0, 0.05) is 23.7 Å². The molecule has 1 atom stereocenters. The molecule has 1 unspecified atom stereocenters. The van der Waals surface area contributed by atoms with Gasteiger partial charge in [-0.2, -0.15) is 0 Å². The highest BCUT2D eigenvalue weighted by Gasteiger charge is 2.47. The molecule has 18 heavy (non-hydrogen) atoms. The Morgan fingerprint density at radius 2 is 1.61 bits per heavy atom. The van der Waals surface area contributed by atoms with E-state index in [4.69, 9.17) is 0 Å². The molecule has 1 amide bonds. The van der Waals surface area contributed by atoms with Gasteiger partial charge in [-0.05, 0) is 6.07 Å². The molecule has 90 valence electrons. The molecule has 0 saturated heterocycles. The number of hydrogen-bond acceptors (Lipinski definition) is 2. The van der Waals surface area contributed by atoms with Crippen molar-refractivity contribution in [2.45, 2.75) is 5.72 Å². The fourth-order valence-electron chi connectivity index (χ4n) is 2.50. The van der Waals surface area contributed by atoms with Crippen molar-refractivity contribution in [1.29, 1.82) is 0 Å². The van der Waals surface area contributed by atoms with Crippen LogP contribution in [0.25, 0.3) is 0 Å². The second-order valence-electron chi connectivity index (χ2n) is 4.45. The first-order chi connectivity index (χ1) is 8.65. The van der Waals surface area contributed by atoms with Gasteiger partial charge in [-0.25, -0.2) is 0 Å². The summed E-state index contributed by atoms with van der Waals surface area (Å²) < 4.78 is 0. The first-order valence-electron chi connectivity index (χ1n) is 5.81. The van der Waals surface area contributed by atoms with Gasteiger partial charge < -0.3 is 10.0 Å². The number of rotatable bonds is 1. The lowest BCUT2D eigenvalue weighted by molar-refractivity contribution is -0.0369. The number of fused-ring (bicyclic) bond motifs is 1. The first-order valence-corrected chi connectivity index (χ1v) is 5.81. The van der Waals surface area contributed by atoms with Gasteiger partial charge in [0.15, 0.2) is 5.72 Å². The van der Waals surface area contributed by atoms with Crippen LogP contribution >= 0.6 is 0 Å². The molecule has 0 fully saturated rings. The monoisotopic (exact) mass is 239 g/mol. The van der Waals surface area contributed by atoms with E-state index in [2.05, 4.69) is 0 Å². The van der Waals surface area contributed by atoms with Crippen LogP contribution in [0.15, 0.2) is 54.6 Å². The van der Waals surface area contributed by atoms with E-state index >= 15 is 0 Å². The number of aliphatic hydroxyl groups is 1. The molecule has 1 aliphatic rings. The molecule has 1 heterocycles. The molecule has 0 spiro atoms. The SMILES string of the molecule is CN1C(=O)c2ccccc2C1(O)c1ccccc1. The standard InChI is InChI=1S/C15H13NO2/c1-16-14(17)12-9-5-6-10-13(12)15(16,18)11-7-3-2-4-8-11/h2-10,18H,1H3. The van der Waals surface area contributed by atoms with E-state index in [-0.39, 0.29) is 5.91 Å². The summed E-state index contributed by atoms with van der Waals surface area (Å²) in [6.45, 7) is 0. The van der Waals surface area contributed by atoms with Gasteiger partial charge in [-0.1, -0.05) is 48.5 Å². The Balaban J connectivity index is 2.27. The molecule has 0 aromatic heterocycles. The largest absolute Gasteiger partial charge is 0.363 e. The zero-order valence-corrected chi connectivity index (χ0v) is 10.00. The minimum Gasteiger partial charge on any atom is -0.363 e. The van der Waals surface area contributed by atoms with Gasteiger partial charge in [0.2, 0.25) is 0 Å². The van der Waals surface area contributed by atoms with E-state index in [1.807, 2.05) is 36.4 Å². The van der Waals surface area contributed by atoms with E-state index < -0.39 is 5.72 Å². The Bertz CT molecular complexity index is 609. The Kier molecular flexibility index (Phi) is 2.25. The highest BCUT2D eigenvalue weighted by atomic mass is 16.3. The topological polar surface area (TPSA) is 40.5 Å². The highest BCUT2D eigenvalue weighted by Crippen LogP contribution is 2.40.